The lowest BCUT2D eigenvalue weighted by Crippen LogP contribution is -2.57. The van der Waals surface area contributed by atoms with Crippen LogP contribution >= 0.6 is 0 Å². The van der Waals surface area contributed by atoms with Crippen LogP contribution in [0.4, 0.5) is 4.79 Å². The lowest BCUT2D eigenvalue weighted by atomic mass is 10.0. The normalized spacial score (nSPS) is 13.0. The number of rotatable bonds is 14. The van der Waals surface area contributed by atoms with E-state index in [9.17, 15) is 24.0 Å². The molecule has 3 atom stereocenters. The Bertz CT molecular complexity index is 1730. The van der Waals surface area contributed by atoms with Crippen LogP contribution in [0.15, 0.2) is 91.1 Å². The van der Waals surface area contributed by atoms with Gasteiger partial charge in [0.15, 0.2) is 0 Å². The van der Waals surface area contributed by atoms with E-state index in [1.54, 1.807) is 51.2 Å². The van der Waals surface area contributed by atoms with E-state index in [1.165, 1.54) is 7.11 Å². The Morgan fingerprint density at radius 2 is 1.31 bits per heavy atom. The summed E-state index contributed by atoms with van der Waals surface area (Å²) in [7, 11) is 1.22. The quantitative estimate of drug-likeness (QED) is 0.115. The van der Waals surface area contributed by atoms with Crippen LogP contribution in [0.5, 0.6) is 0 Å². The first-order chi connectivity index (χ1) is 23.4. The van der Waals surface area contributed by atoms with Crippen LogP contribution in [-0.2, 0) is 52.8 Å². The monoisotopic (exact) mass is 670 g/mol. The third-order valence-corrected chi connectivity index (χ3v) is 7.44. The van der Waals surface area contributed by atoms with E-state index in [-0.39, 0.29) is 19.4 Å². The molecule has 1 heterocycles. The predicted molar refractivity (Wildman–Crippen MR) is 182 cm³/mol. The van der Waals surface area contributed by atoms with Crippen molar-refractivity contribution in [3.63, 3.8) is 0 Å². The number of carbonyl (C=O) groups is 5. The van der Waals surface area contributed by atoms with Gasteiger partial charge >= 0.3 is 18.0 Å². The van der Waals surface area contributed by atoms with Crippen LogP contribution in [0.2, 0.25) is 0 Å². The molecule has 258 valence electrons. The first kappa shape index (κ1) is 36.2. The maximum atomic E-state index is 13.9. The van der Waals surface area contributed by atoms with Gasteiger partial charge in [-0.25, -0.2) is 9.59 Å². The van der Waals surface area contributed by atoms with E-state index >= 15 is 0 Å². The molecule has 0 radical (unpaired) electrons. The highest BCUT2D eigenvalue weighted by atomic mass is 16.6. The predicted octanol–water partition coefficient (Wildman–Crippen LogP) is 4.12. The van der Waals surface area contributed by atoms with Crippen LogP contribution in [0, 0.1) is 0 Å². The van der Waals surface area contributed by atoms with Gasteiger partial charge in [0.1, 0.15) is 30.3 Å². The third kappa shape index (κ3) is 11.2. The number of carbonyl (C=O) groups excluding carboxylic acids is 5. The molecule has 0 saturated carbocycles. The van der Waals surface area contributed by atoms with E-state index in [0.717, 1.165) is 22.0 Å². The molecule has 0 spiro atoms. The Morgan fingerprint density at radius 3 is 1.96 bits per heavy atom. The van der Waals surface area contributed by atoms with Gasteiger partial charge in [-0.1, -0.05) is 78.9 Å². The van der Waals surface area contributed by atoms with E-state index in [0.29, 0.717) is 5.56 Å². The first-order valence-corrected chi connectivity index (χ1v) is 15.9. The smallest absolute Gasteiger partial charge is 0.408 e. The summed E-state index contributed by atoms with van der Waals surface area (Å²) in [6, 6.07) is 21.8. The Kier molecular flexibility index (Phi) is 12.5. The molecule has 0 bridgehead atoms. The molecular formula is C37H42N4O8. The standard InChI is InChI=1S/C37H42N4O8/c1-37(2,3)49-36(46)41-30(21-32(42)48-23-25-15-9-6-10-16-25)34(44)39-29(20-26-22-38-28-18-12-11-17-27(26)28)33(43)40-31(35(45)47-4)19-24-13-7-5-8-14-24/h5-18,22,29-31,38H,19-21,23H2,1-4H3,(H,39,44)(H,40,43)(H,41,46)/t29-,30-,31-/m0/s1. The highest BCUT2D eigenvalue weighted by molar-refractivity contribution is 5.95. The van der Waals surface area contributed by atoms with Gasteiger partial charge in [-0.2, -0.15) is 0 Å². The molecular weight excluding hydrogens is 628 g/mol. The van der Waals surface area contributed by atoms with E-state index < -0.39 is 60.0 Å². The molecule has 1 aromatic heterocycles. The Morgan fingerprint density at radius 1 is 0.714 bits per heavy atom. The zero-order chi connectivity index (χ0) is 35.4. The van der Waals surface area contributed by atoms with Gasteiger partial charge in [0.05, 0.1) is 13.5 Å². The van der Waals surface area contributed by atoms with Crippen molar-refractivity contribution in [2.75, 3.05) is 7.11 Å². The molecule has 12 nitrogen and oxygen atoms in total. The number of nitrogens with one attached hydrogen (secondary N) is 4. The molecule has 12 heteroatoms. The van der Waals surface area contributed by atoms with Gasteiger partial charge in [-0.3, -0.25) is 14.4 Å². The summed E-state index contributed by atoms with van der Waals surface area (Å²) in [6.07, 6.45) is 0.408. The van der Waals surface area contributed by atoms with Crippen molar-refractivity contribution in [2.45, 2.75) is 70.4 Å². The maximum Gasteiger partial charge on any atom is 0.408 e. The number of fused-ring (bicyclic) bond motifs is 1. The van der Waals surface area contributed by atoms with Crippen LogP contribution in [0.1, 0.15) is 43.9 Å². The van der Waals surface area contributed by atoms with Gasteiger partial charge in [0.2, 0.25) is 11.8 Å². The summed E-state index contributed by atoms with van der Waals surface area (Å²) in [5.41, 5.74) is 2.17. The third-order valence-electron chi connectivity index (χ3n) is 7.44. The Hall–Kier alpha value is -5.65. The molecule has 4 rings (SSSR count). The number of H-pyrrole nitrogens is 1. The van der Waals surface area contributed by atoms with Crippen LogP contribution in [0.3, 0.4) is 0 Å². The number of alkyl carbamates (subject to hydrolysis) is 1. The highest BCUT2D eigenvalue weighted by Gasteiger charge is 2.33. The summed E-state index contributed by atoms with van der Waals surface area (Å²) >= 11 is 0. The lowest BCUT2D eigenvalue weighted by Gasteiger charge is -2.26. The number of aromatic amines is 1. The fourth-order valence-electron chi connectivity index (χ4n) is 5.08. The van der Waals surface area contributed by atoms with Crippen molar-refractivity contribution in [2.24, 2.45) is 0 Å². The average Bonchev–Trinajstić information content (AvgIpc) is 3.48. The van der Waals surface area contributed by atoms with Crippen molar-refractivity contribution in [3.05, 3.63) is 108 Å². The van der Waals surface area contributed by atoms with Crippen molar-refractivity contribution < 1.29 is 38.2 Å². The number of esters is 2. The molecule has 3 amide bonds. The largest absolute Gasteiger partial charge is 0.467 e. The minimum absolute atomic E-state index is 0.0123. The number of hydrogen-bond donors (Lipinski definition) is 4. The fraction of sp³-hybridized carbons (Fsp3) is 0.324. The first-order valence-electron chi connectivity index (χ1n) is 15.9. The summed E-state index contributed by atoms with van der Waals surface area (Å²) in [5, 5.41) is 8.71. The molecule has 0 aliphatic rings. The Balaban J connectivity index is 1.58. The van der Waals surface area contributed by atoms with E-state index in [2.05, 4.69) is 20.9 Å². The van der Waals surface area contributed by atoms with Crippen molar-refractivity contribution >= 4 is 40.7 Å². The SMILES string of the molecule is COC(=O)[C@H](Cc1ccccc1)NC(=O)[C@H](Cc1c[nH]c2ccccc12)NC(=O)[C@H](CC(=O)OCc1ccccc1)NC(=O)OC(C)(C)C. The second-order valence-electron chi connectivity index (χ2n) is 12.4. The number of methoxy groups -OCH3 is 1. The number of ether oxygens (including phenoxy) is 3. The summed E-state index contributed by atoms with van der Waals surface area (Å²) in [6.45, 7) is 4.93. The maximum absolute atomic E-state index is 13.9. The van der Waals surface area contributed by atoms with Gasteiger partial charge in [0, 0.05) is 29.9 Å². The van der Waals surface area contributed by atoms with E-state index in [4.69, 9.17) is 14.2 Å². The molecule has 4 aromatic rings. The molecule has 0 fully saturated rings. The van der Waals surface area contributed by atoms with Gasteiger partial charge in [-0.05, 0) is 43.5 Å². The minimum atomic E-state index is -1.46. The summed E-state index contributed by atoms with van der Waals surface area (Å²) in [5.74, 6) is -2.93. The van der Waals surface area contributed by atoms with Crippen molar-refractivity contribution in [1.29, 1.82) is 0 Å². The van der Waals surface area contributed by atoms with Gasteiger partial charge < -0.3 is 35.1 Å². The average molecular weight is 671 g/mol. The van der Waals surface area contributed by atoms with Gasteiger partial charge in [0.25, 0.3) is 0 Å². The second-order valence-corrected chi connectivity index (χ2v) is 12.4. The fourth-order valence-corrected chi connectivity index (χ4v) is 5.08. The number of amides is 3. The molecule has 0 saturated heterocycles. The lowest BCUT2D eigenvalue weighted by molar-refractivity contribution is -0.147. The Labute approximate surface area is 284 Å². The second kappa shape index (κ2) is 17.0. The van der Waals surface area contributed by atoms with E-state index in [1.807, 2.05) is 60.7 Å². The zero-order valence-electron chi connectivity index (χ0n) is 28.0. The summed E-state index contributed by atoms with van der Waals surface area (Å²) in [4.78, 5) is 69.4. The molecule has 0 unspecified atom stereocenters. The number of aromatic nitrogens is 1. The summed E-state index contributed by atoms with van der Waals surface area (Å²) < 4.78 is 15.7. The number of para-hydroxylation sites is 1. The minimum Gasteiger partial charge on any atom is -0.467 e. The number of hydrogen-bond acceptors (Lipinski definition) is 8. The van der Waals surface area contributed by atoms with Crippen molar-refractivity contribution in [3.8, 4) is 0 Å². The molecule has 49 heavy (non-hydrogen) atoms. The zero-order valence-corrected chi connectivity index (χ0v) is 28.0. The van der Waals surface area contributed by atoms with Crippen molar-refractivity contribution in [1.82, 2.24) is 20.9 Å². The topological polar surface area (TPSA) is 165 Å². The molecule has 0 aliphatic heterocycles. The van der Waals surface area contributed by atoms with Crippen LogP contribution in [0.25, 0.3) is 10.9 Å². The highest BCUT2D eigenvalue weighted by Crippen LogP contribution is 2.20. The molecule has 4 N–H and O–H groups in total. The van der Waals surface area contributed by atoms with Crippen LogP contribution in [-0.4, -0.2) is 65.7 Å². The number of benzene rings is 3. The van der Waals surface area contributed by atoms with Gasteiger partial charge in [-0.15, -0.1) is 0 Å². The van der Waals surface area contributed by atoms with Crippen LogP contribution < -0.4 is 16.0 Å². The molecule has 3 aromatic carbocycles. The molecule has 0 aliphatic carbocycles.